The zero-order valence-electron chi connectivity index (χ0n) is 10.3. The Hall–Kier alpha value is -0.590. The first-order valence-corrected chi connectivity index (χ1v) is 6.67. The molecule has 1 aliphatic carbocycles. The van der Waals surface area contributed by atoms with Crippen molar-refractivity contribution >= 4 is 0 Å². The molecule has 1 saturated carbocycles. The summed E-state index contributed by atoms with van der Waals surface area (Å²) in [6, 6.07) is 4.17. The number of rotatable bonds is 5. The summed E-state index contributed by atoms with van der Waals surface area (Å²) >= 11 is 0. The molecule has 2 rings (SSSR count). The Morgan fingerprint density at radius 1 is 1.38 bits per heavy atom. The smallest absolute Gasteiger partial charge is 0.0638 e. The van der Waals surface area contributed by atoms with Gasteiger partial charge in [-0.25, -0.2) is 0 Å². The summed E-state index contributed by atoms with van der Waals surface area (Å²) < 4.78 is 0. The average molecular weight is 221 g/mol. The van der Waals surface area contributed by atoms with Crippen LogP contribution in [0.2, 0.25) is 0 Å². The highest BCUT2D eigenvalue weighted by atomic mass is 15.2. The van der Waals surface area contributed by atoms with Crippen molar-refractivity contribution in [3.63, 3.8) is 0 Å². The second-order valence-electron chi connectivity index (χ2n) is 5.29. The fourth-order valence-electron chi connectivity index (χ4n) is 2.68. The van der Waals surface area contributed by atoms with Gasteiger partial charge >= 0.3 is 0 Å². The molecule has 2 fully saturated rings. The molecule has 0 radical (unpaired) electrons. The molecular weight excluding hydrogens is 198 g/mol. The van der Waals surface area contributed by atoms with E-state index < -0.39 is 0 Å². The molecular formula is C13H23N3. The summed E-state index contributed by atoms with van der Waals surface area (Å²) in [4.78, 5) is 2.56. The molecule has 1 heterocycles. The van der Waals surface area contributed by atoms with E-state index in [-0.39, 0.29) is 0 Å². The molecule has 1 aliphatic heterocycles. The van der Waals surface area contributed by atoms with E-state index in [1.54, 1.807) is 0 Å². The molecule has 0 bridgehead atoms. The summed E-state index contributed by atoms with van der Waals surface area (Å²) in [6.45, 7) is 4.52. The molecule has 2 unspecified atom stereocenters. The van der Waals surface area contributed by atoms with Gasteiger partial charge in [0.05, 0.1) is 12.5 Å². The van der Waals surface area contributed by atoms with Crippen molar-refractivity contribution in [1.82, 2.24) is 10.2 Å². The van der Waals surface area contributed by atoms with Crippen LogP contribution in [0.4, 0.5) is 0 Å². The Bertz CT molecular complexity index is 248. The van der Waals surface area contributed by atoms with E-state index in [4.69, 9.17) is 5.26 Å². The Balaban J connectivity index is 1.84. The zero-order chi connectivity index (χ0) is 11.4. The number of nitrogens with zero attached hydrogens (tertiary/aromatic N) is 2. The highest BCUT2D eigenvalue weighted by Crippen LogP contribution is 2.30. The summed E-state index contributed by atoms with van der Waals surface area (Å²) in [7, 11) is 0. The van der Waals surface area contributed by atoms with Crippen LogP contribution in [-0.2, 0) is 0 Å². The molecule has 90 valence electrons. The molecule has 1 saturated heterocycles. The second kappa shape index (κ2) is 5.65. The summed E-state index contributed by atoms with van der Waals surface area (Å²) in [5, 5.41) is 12.4. The monoisotopic (exact) mass is 221 g/mol. The fourth-order valence-corrected chi connectivity index (χ4v) is 2.68. The number of hydrogen-bond acceptors (Lipinski definition) is 3. The van der Waals surface area contributed by atoms with Gasteiger partial charge < -0.3 is 5.32 Å². The van der Waals surface area contributed by atoms with Crippen LogP contribution in [0.25, 0.3) is 0 Å². The maximum atomic E-state index is 8.80. The van der Waals surface area contributed by atoms with Gasteiger partial charge in [-0.1, -0.05) is 6.42 Å². The molecule has 1 N–H and O–H groups in total. The third-order valence-corrected chi connectivity index (χ3v) is 3.81. The first-order chi connectivity index (χ1) is 7.81. The van der Waals surface area contributed by atoms with Gasteiger partial charge in [0.2, 0.25) is 0 Å². The highest BCUT2D eigenvalue weighted by Gasteiger charge is 2.33. The van der Waals surface area contributed by atoms with Crippen molar-refractivity contribution in [1.29, 1.82) is 5.26 Å². The van der Waals surface area contributed by atoms with E-state index in [9.17, 15) is 0 Å². The van der Waals surface area contributed by atoms with Crippen LogP contribution in [-0.4, -0.2) is 36.1 Å². The van der Waals surface area contributed by atoms with Gasteiger partial charge in [-0.3, -0.25) is 4.90 Å². The molecule has 0 amide bonds. The first kappa shape index (κ1) is 11.9. The normalized spacial score (nSPS) is 27.7. The standard InChI is InChI=1S/C13H23N3/c1-11(7-8-14)16(13-5-6-13)10-12-4-2-3-9-15-12/h11-13,15H,2-7,9-10H2,1H3. The Morgan fingerprint density at radius 3 is 2.75 bits per heavy atom. The van der Waals surface area contributed by atoms with Crippen LogP contribution in [0.5, 0.6) is 0 Å². The Labute approximate surface area is 98.8 Å². The van der Waals surface area contributed by atoms with Gasteiger partial charge in [-0.05, 0) is 39.2 Å². The zero-order valence-corrected chi connectivity index (χ0v) is 10.3. The molecule has 0 spiro atoms. The van der Waals surface area contributed by atoms with E-state index in [0.29, 0.717) is 18.5 Å². The van der Waals surface area contributed by atoms with Crippen molar-refractivity contribution < 1.29 is 0 Å². The number of hydrogen-bond donors (Lipinski definition) is 1. The lowest BCUT2D eigenvalue weighted by Crippen LogP contribution is -2.47. The minimum Gasteiger partial charge on any atom is -0.313 e. The number of piperidine rings is 1. The molecule has 2 aliphatic rings. The molecule has 2 atom stereocenters. The lowest BCUT2D eigenvalue weighted by Gasteiger charge is -2.33. The van der Waals surface area contributed by atoms with Crippen LogP contribution >= 0.6 is 0 Å². The molecule has 0 aromatic heterocycles. The van der Waals surface area contributed by atoms with Crippen LogP contribution < -0.4 is 5.32 Å². The number of nitrogens with one attached hydrogen (secondary N) is 1. The largest absolute Gasteiger partial charge is 0.313 e. The highest BCUT2D eigenvalue weighted by molar-refractivity contribution is 4.92. The summed E-state index contributed by atoms with van der Waals surface area (Å²) in [6.07, 6.45) is 7.34. The second-order valence-corrected chi connectivity index (χ2v) is 5.29. The average Bonchev–Trinajstić information content (AvgIpc) is 3.11. The van der Waals surface area contributed by atoms with Gasteiger partial charge in [-0.2, -0.15) is 5.26 Å². The van der Waals surface area contributed by atoms with E-state index in [0.717, 1.165) is 12.6 Å². The van der Waals surface area contributed by atoms with Gasteiger partial charge in [0, 0.05) is 24.7 Å². The van der Waals surface area contributed by atoms with E-state index >= 15 is 0 Å². The van der Waals surface area contributed by atoms with Crippen LogP contribution in [0, 0.1) is 11.3 Å². The van der Waals surface area contributed by atoms with E-state index in [1.807, 2.05) is 0 Å². The molecule has 0 aromatic rings. The lowest BCUT2D eigenvalue weighted by molar-refractivity contribution is 0.168. The van der Waals surface area contributed by atoms with Crippen LogP contribution in [0.3, 0.4) is 0 Å². The predicted molar refractivity (Wildman–Crippen MR) is 65.1 cm³/mol. The van der Waals surface area contributed by atoms with Gasteiger partial charge in [0.15, 0.2) is 0 Å². The maximum absolute atomic E-state index is 8.80. The SMILES string of the molecule is CC(CC#N)N(CC1CCCCN1)C1CC1. The quantitative estimate of drug-likeness (QED) is 0.770. The molecule has 16 heavy (non-hydrogen) atoms. The minimum absolute atomic E-state index is 0.432. The van der Waals surface area contributed by atoms with Crippen LogP contribution in [0.1, 0.15) is 45.4 Å². The maximum Gasteiger partial charge on any atom is 0.0638 e. The van der Waals surface area contributed by atoms with Crippen molar-refractivity contribution in [2.75, 3.05) is 13.1 Å². The third-order valence-electron chi connectivity index (χ3n) is 3.81. The van der Waals surface area contributed by atoms with E-state index in [1.165, 1.54) is 38.6 Å². The summed E-state index contributed by atoms with van der Waals surface area (Å²) in [5.41, 5.74) is 0. The minimum atomic E-state index is 0.432. The van der Waals surface area contributed by atoms with Crippen molar-refractivity contribution in [2.45, 2.75) is 63.6 Å². The Kier molecular flexibility index (Phi) is 4.20. The number of nitriles is 1. The van der Waals surface area contributed by atoms with Crippen molar-refractivity contribution in [3.05, 3.63) is 0 Å². The molecule has 3 nitrogen and oxygen atoms in total. The fraction of sp³-hybridized carbons (Fsp3) is 0.923. The van der Waals surface area contributed by atoms with Gasteiger partial charge in [-0.15, -0.1) is 0 Å². The third kappa shape index (κ3) is 3.20. The first-order valence-electron chi connectivity index (χ1n) is 6.67. The predicted octanol–water partition coefficient (Wildman–Crippen LogP) is 1.90. The van der Waals surface area contributed by atoms with Crippen molar-refractivity contribution in [2.24, 2.45) is 0 Å². The molecule has 3 heteroatoms. The van der Waals surface area contributed by atoms with Crippen molar-refractivity contribution in [3.8, 4) is 6.07 Å². The summed E-state index contributed by atoms with van der Waals surface area (Å²) in [5.74, 6) is 0. The van der Waals surface area contributed by atoms with Gasteiger partial charge in [0.1, 0.15) is 0 Å². The molecule has 0 aromatic carbocycles. The van der Waals surface area contributed by atoms with Gasteiger partial charge in [0.25, 0.3) is 0 Å². The Morgan fingerprint density at radius 2 is 2.19 bits per heavy atom. The van der Waals surface area contributed by atoms with E-state index in [2.05, 4.69) is 23.2 Å². The van der Waals surface area contributed by atoms with Crippen LogP contribution in [0.15, 0.2) is 0 Å². The topological polar surface area (TPSA) is 39.1 Å². The lowest BCUT2D eigenvalue weighted by atomic mass is 10.0.